The third kappa shape index (κ3) is 3.26. The monoisotopic (exact) mass is 244 g/mol. The van der Waals surface area contributed by atoms with Gasteiger partial charge in [0.05, 0.1) is 12.2 Å². The lowest BCUT2D eigenvalue weighted by Gasteiger charge is -2.04. The number of carbonyl (C=O) groups is 1. The Morgan fingerprint density at radius 3 is 2.56 bits per heavy atom. The molecule has 0 fully saturated rings. The molecule has 0 aliphatic rings. The lowest BCUT2D eigenvalue weighted by Crippen LogP contribution is -2.33. The highest BCUT2D eigenvalue weighted by molar-refractivity contribution is 7.89. The van der Waals surface area contributed by atoms with Gasteiger partial charge in [-0.2, -0.15) is 0 Å². The SMILES string of the molecule is NCc1ccc(S(=O)(=O)NCC(N)=O)cn1. The van der Waals surface area contributed by atoms with Crippen LogP contribution in [0.4, 0.5) is 0 Å². The molecule has 0 saturated carbocycles. The smallest absolute Gasteiger partial charge is 0.242 e. The van der Waals surface area contributed by atoms with E-state index in [2.05, 4.69) is 4.98 Å². The van der Waals surface area contributed by atoms with Crippen LogP contribution in [0.5, 0.6) is 0 Å². The van der Waals surface area contributed by atoms with Gasteiger partial charge in [0.25, 0.3) is 0 Å². The molecule has 1 rings (SSSR count). The first kappa shape index (κ1) is 12.6. The molecule has 0 saturated heterocycles. The number of primary amides is 1. The van der Waals surface area contributed by atoms with Crippen LogP contribution >= 0.6 is 0 Å². The van der Waals surface area contributed by atoms with Crippen molar-refractivity contribution < 1.29 is 13.2 Å². The summed E-state index contributed by atoms with van der Waals surface area (Å²) in [5, 5.41) is 0. The number of nitrogens with zero attached hydrogens (tertiary/aromatic N) is 1. The van der Waals surface area contributed by atoms with Gasteiger partial charge in [0.15, 0.2) is 0 Å². The molecular weight excluding hydrogens is 232 g/mol. The van der Waals surface area contributed by atoms with Crippen LogP contribution in [0, 0.1) is 0 Å². The van der Waals surface area contributed by atoms with E-state index < -0.39 is 22.5 Å². The molecule has 0 aromatic carbocycles. The molecule has 16 heavy (non-hydrogen) atoms. The van der Waals surface area contributed by atoms with E-state index in [4.69, 9.17) is 11.5 Å². The third-order valence-electron chi connectivity index (χ3n) is 1.75. The summed E-state index contributed by atoms with van der Waals surface area (Å²) < 4.78 is 25.1. The van der Waals surface area contributed by atoms with Gasteiger partial charge in [-0.15, -0.1) is 0 Å². The molecule has 1 aromatic heterocycles. The van der Waals surface area contributed by atoms with E-state index in [0.717, 1.165) is 0 Å². The first-order valence-corrected chi connectivity index (χ1v) is 5.87. The molecule has 0 unspecified atom stereocenters. The maximum Gasteiger partial charge on any atom is 0.242 e. The normalized spacial score (nSPS) is 11.3. The Morgan fingerprint density at radius 2 is 2.12 bits per heavy atom. The van der Waals surface area contributed by atoms with E-state index in [0.29, 0.717) is 5.69 Å². The summed E-state index contributed by atoms with van der Waals surface area (Å²) >= 11 is 0. The van der Waals surface area contributed by atoms with Crippen molar-refractivity contribution >= 4 is 15.9 Å². The zero-order chi connectivity index (χ0) is 12.2. The standard InChI is InChI=1S/C8H12N4O3S/c9-3-6-1-2-7(4-11-6)16(14,15)12-5-8(10)13/h1-2,4,12H,3,5,9H2,(H2,10,13). The Morgan fingerprint density at radius 1 is 1.44 bits per heavy atom. The van der Waals surface area contributed by atoms with Gasteiger partial charge in [-0.3, -0.25) is 9.78 Å². The summed E-state index contributed by atoms with van der Waals surface area (Å²) in [6, 6.07) is 2.86. The van der Waals surface area contributed by atoms with E-state index >= 15 is 0 Å². The fourth-order valence-corrected chi connectivity index (χ4v) is 1.88. The second-order valence-corrected chi connectivity index (χ2v) is 4.75. The van der Waals surface area contributed by atoms with Crippen LogP contribution in [0.3, 0.4) is 0 Å². The predicted molar refractivity (Wildman–Crippen MR) is 56.5 cm³/mol. The number of hydrogen-bond acceptors (Lipinski definition) is 5. The van der Waals surface area contributed by atoms with Crippen LogP contribution in [0.25, 0.3) is 0 Å². The minimum atomic E-state index is -3.73. The van der Waals surface area contributed by atoms with Gasteiger partial charge < -0.3 is 11.5 Å². The lowest BCUT2D eigenvalue weighted by atomic mass is 10.4. The highest BCUT2D eigenvalue weighted by atomic mass is 32.2. The van der Waals surface area contributed by atoms with Crippen molar-refractivity contribution in [3.05, 3.63) is 24.0 Å². The first-order chi connectivity index (χ1) is 7.45. The molecule has 1 heterocycles. The average Bonchev–Trinajstić information content (AvgIpc) is 2.27. The zero-order valence-electron chi connectivity index (χ0n) is 8.38. The van der Waals surface area contributed by atoms with E-state index in [9.17, 15) is 13.2 Å². The Kier molecular flexibility index (Phi) is 3.93. The Labute approximate surface area is 92.9 Å². The van der Waals surface area contributed by atoms with Gasteiger partial charge in [0.2, 0.25) is 15.9 Å². The number of hydrogen-bond donors (Lipinski definition) is 3. The Hall–Kier alpha value is -1.51. The molecule has 1 amide bonds. The highest BCUT2D eigenvalue weighted by Gasteiger charge is 2.14. The second kappa shape index (κ2) is 5.01. The summed E-state index contributed by atoms with van der Waals surface area (Å²) in [4.78, 5) is 14.2. The first-order valence-electron chi connectivity index (χ1n) is 4.38. The van der Waals surface area contributed by atoms with Crippen LogP contribution in [-0.4, -0.2) is 25.9 Å². The molecule has 1 aromatic rings. The van der Waals surface area contributed by atoms with Crippen molar-refractivity contribution in [2.45, 2.75) is 11.4 Å². The molecule has 0 aliphatic heterocycles. The molecule has 88 valence electrons. The van der Waals surface area contributed by atoms with Gasteiger partial charge in [0.1, 0.15) is 4.90 Å². The lowest BCUT2D eigenvalue weighted by molar-refractivity contribution is -0.116. The van der Waals surface area contributed by atoms with Crippen LogP contribution < -0.4 is 16.2 Å². The number of rotatable bonds is 5. The molecule has 7 nitrogen and oxygen atoms in total. The second-order valence-electron chi connectivity index (χ2n) is 2.98. The maximum atomic E-state index is 11.5. The third-order valence-corrected chi connectivity index (χ3v) is 3.14. The molecule has 0 radical (unpaired) electrons. The fourth-order valence-electron chi connectivity index (χ4n) is 0.940. The Bertz CT molecular complexity index is 469. The van der Waals surface area contributed by atoms with E-state index in [1.807, 2.05) is 4.72 Å². The molecule has 0 atom stereocenters. The number of sulfonamides is 1. The predicted octanol–water partition coefficient (Wildman–Crippen LogP) is -1.70. The quantitative estimate of drug-likeness (QED) is 0.569. The van der Waals surface area contributed by atoms with Crippen molar-refractivity contribution in [3.8, 4) is 0 Å². The number of carbonyl (C=O) groups excluding carboxylic acids is 1. The molecular formula is C8H12N4O3S. The van der Waals surface area contributed by atoms with E-state index in [1.54, 1.807) is 0 Å². The van der Waals surface area contributed by atoms with Crippen LogP contribution in [0.15, 0.2) is 23.2 Å². The zero-order valence-corrected chi connectivity index (χ0v) is 9.20. The molecule has 0 aliphatic carbocycles. The molecule has 5 N–H and O–H groups in total. The molecule has 0 bridgehead atoms. The summed E-state index contributed by atoms with van der Waals surface area (Å²) in [7, 11) is -3.73. The number of pyridine rings is 1. The minimum absolute atomic E-state index is 0.0362. The van der Waals surface area contributed by atoms with Gasteiger partial charge in [-0.1, -0.05) is 0 Å². The summed E-state index contributed by atoms with van der Waals surface area (Å²) in [5.41, 5.74) is 10.7. The van der Waals surface area contributed by atoms with Crippen molar-refractivity contribution in [3.63, 3.8) is 0 Å². The maximum absolute atomic E-state index is 11.5. The van der Waals surface area contributed by atoms with Gasteiger partial charge in [-0.25, -0.2) is 13.1 Å². The van der Waals surface area contributed by atoms with Crippen molar-refractivity contribution in [2.75, 3.05) is 6.54 Å². The Balaban J connectivity index is 2.85. The number of aromatic nitrogens is 1. The summed E-state index contributed by atoms with van der Waals surface area (Å²) in [5.74, 6) is -0.755. The van der Waals surface area contributed by atoms with Gasteiger partial charge in [0, 0.05) is 12.7 Å². The van der Waals surface area contributed by atoms with Crippen LogP contribution in [0.1, 0.15) is 5.69 Å². The fraction of sp³-hybridized carbons (Fsp3) is 0.250. The number of amides is 1. The van der Waals surface area contributed by atoms with Gasteiger partial charge in [-0.05, 0) is 12.1 Å². The van der Waals surface area contributed by atoms with Crippen LogP contribution in [-0.2, 0) is 21.4 Å². The van der Waals surface area contributed by atoms with Crippen molar-refractivity contribution in [1.29, 1.82) is 0 Å². The highest BCUT2D eigenvalue weighted by Crippen LogP contribution is 2.06. The summed E-state index contributed by atoms with van der Waals surface area (Å²) in [6.07, 6.45) is 1.17. The van der Waals surface area contributed by atoms with Crippen molar-refractivity contribution in [2.24, 2.45) is 11.5 Å². The largest absolute Gasteiger partial charge is 0.369 e. The average molecular weight is 244 g/mol. The van der Waals surface area contributed by atoms with E-state index in [1.165, 1.54) is 18.3 Å². The topological polar surface area (TPSA) is 128 Å². The summed E-state index contributed by atoms with van der Waals surface area (Å²) in [6.45, 7) is -0.212. The molecule has 0 spiro atoms. The van der Waals surface area contributed by atoms with Crippen LogP contribution in [0.2, 0.25) is 0 Å². The minimum Gasteiger partial charge on any atom is -0.369 e. The number of nitrogens with one attached hydrogen (secondary N) is 1. The molecule has 8 heteroatoms. The van der Waals surface area contributed by atoms with Gasteiger partial charge >= 0.3 is 0 Å². The van der Waals surface area contributed by atoms with Crippen molar-refractivity contribution in [1.82, 2.24) is 9.71 Å². The van der Waals surface area contributed by atoms with E-state index in [-0.39, 0.29) is 11.4 Å². The number of nitrogens with two attached hydrogens (primary N) is 2.